The highest BCUT2D eigenvalue weighted by molar-refractivity contribution is 5.88. The SMILES string of the molecule is O=C(O)C(F)(F)F.O=C(O)C1CN(Cc2ccc(-c3noc(-c4noc(-c5ccccc5)c4-c4ccccc4)n3)c(C(F)(F)F)c2)C1. The van der Waals surface area contributed by atoms with Crippen LogP contribution in [-0.4, -0.2) is 61.6 Å². The van der Waals surface area contributed by atoms with Crippen LogP contribution < -0.4 is 0 Å². The number of aromatic nitrogens is 3. The van der Waals surface area contributed by atoms with E-state index >= 15 is 0 Å². The Hall–Kier alpha value is -5.51. The summed E-state index contributed by atoms with van der Waals surface area (Å²) in [5.41, 5.74) is 1.54. The molecule has 0 saturated carbocycles. The second-order valence-electron chi connectivity index (χ2n) is 10.3. The Balaban J connectivity index is 0.000000559. The largest absolute Gasteiger partial charge is 0.490 e. The molecule has 0 atom stereocenters. The van der Waals surface area contributed by atoms with Crippen molar-refractivity contribution >= 4 is 11.9 Å². The number of rotatable bonds is 7. The topological polar surface area (TPSA) is 143 Å². The fourth-order valence-corrected chi connectivity index (χ4v) is 4.76. The number of nitrogens with zero attached hydrogens (tertiary/aromatic N) is 4. The van der Waals surface area contributed by atoms with E-state index in [4.69, 9.17) is 24.1 Å². The van der Waals surface area contributed by atoms with E-state index in [1.807, 2.05) is 60.7 Å². The fourth-order valence-electron chi connectivity index (χ4n) is 4.76. The summed E-state index contributed by atoms with van der Waals surface area (Å²) < 4.78 is 85.2. The number of hydrogen-bond donors (Lipinski definition) is 2. The number of aliphatic carboxylic acids is 2. The van der Waals surface area contributed by atoms with Gasteiger partial charge in [0.25, 0.3) is 5.89 Å². The van der Waals surface area contributed by atoms with E-state index in [1.54, 1.807) is 11.0 Å². The van der Waals surface area contributed by atoms with E-state index in [2.05, 4.69) is 15.3 Å². The predicted octanol–water partition coefficient (Wildman–Crippen LogP) is 6.89. The van der Waals surface area contributed by atoms with Crippen molar-refractivity contribution in [2.45, 2.75) is 18.9 Å². The van der Waals surface area contributed by atoms with E-state index in [0.29, 0.717) is 30.0 Å². The lowest BCUT2D eigenvalue weighted by Gasteiger charge is -2.36. The van der Waals surface area contributed by atoms with Crippen LogP contribution in [0.3, 0.4) is 0 Å². The average molecular weight is 661 g/mol. The molecule has 47 heavy (non-hydrogen) atoms. The Bertz CT molecular complexity index is 1870. The molecule has 3 heterocycles. The van der Waals surface area contributed by atoms with Gasteiger partial charge in [-0.2, -0.15) is 31.3 Å². The molecule has 2 N–H and O–H groups in total. The zero-order valence-corrected chi connectivity index (χ0v) is 23.8. The first-order valence-corrected chi connectivity index (χ1v) is 13.6. The molecule has 244 valence electrons. The van der Waals surface area contributed by atoms with Gasteiger partial charge in [-0.3, -0.25) is 9.69 Å². The van der Waals surface area contributed by atoms with E-state index in [-0.39, 0.29) is 29.5 Å². The molecule has 10 nitrogen and oxygen atoms in total. The Morgan fingerprint density at radius 1 is 0.830 bits per heavy atom. The molecule has 1 saturated heterocycles. The lowest BCUT2D eigenvalue weighted by molar-refractivity contribution is -0.192. The van der Waals surface area contributed by atoms with Crippen molar-refractivity contribution in [3.05, 3.63) is 90.0 Å². The third-order valence-electron chi connectivity index (χ3n) is 7.00. The molecule has 5 aromatic rings. The van der Waals surface area contributed by atoms with Gasteiger partial charge in [0, 0.05) is 30.8 Å². The van der Waals surface area contributed by atoms with Crippen LogP contribution in [0, 0.1) is 5.92 Å². The normalized spacial score (nSPS) is 13.8. The van der Waals surface area contributed by atoms with Gasteiger partial charge in [0.05, 0.1) is 17.0 Å². The molecule has 0 radical (unpaired) electrons. The summed E-state index contributed by atoms with van der Waals surface area (Å²) in [6.45, 7) is 0.782. The summed E-state index contributed by atoms with van der Waals surface area (Å²) in [6, 6.07) is 22.4. The standard InChI is InChI=1S/C29H21F3N4O4.C2HF3O2/c30-29(31,32)22-13-17(14-36-15-20(16-36)28(37)38)11-12-21(22)26-33-27(40-35-26)24-23(18-7-3-1-4-8-18)25(39-34-24)19-9-5-2-6-10-19;3-2(4,5)1(6)7/h1-13,20H,14-16H2,(H,37,38);(H,6,7). The highest BCUT2D eigenvalue weighted by Gasteiger charge is 2.39. The van der Waals surface area contributed by atoms with Crippen molar-refractivity contribution in [3.8, 4) is 45.4 Å². The maximum Gasteiger partial charge on any atom is 0.490 e. The fraction of sp³-hybridized carbons (Fsp3) is 0.194. The van der Waals surface area contributed by atoms with Crippen LogP contribution in [0.25, 0.3) is 45.4 Å². The molecule has 2 aromatic heterocycles. The van der Waals surface area contributed by atoms with Gasteiger partial charge < -0.3 is 19.3 Å². The third kappa shape index (κ3) is 7.49. The zero-order chi connectivity index (χ0) is 33.9. The van der Waals surface area contributed by atoms with Crippen LogP contribution in [0.15, 0.2) is 87.9 Å². The maximum absolute atomic E-state index is 14.1. The summed E-state index contributed by atoms with van der Waals surface area (Å²) >= 11 is 0. The lowest BCUT2D eigenvalue weighted by atomic mass is 9.98. The van der Waals surface area contributed by atoms with Crippen LogP contribution in [0.2, 0.25) is 0 Å². The van der Waals surface area contributed by atoms with Crippen molar-refractivity contribution in [2.24, 2.45) is 5.92 Å². The van der Waals surface area contributed by atoms with Crippen molar-refractivity contribution in [1.29, 1.82) is 0 Å². The number of carbonyl (C=O) groups is 2. The van der Waals surface area contributed by atoms with Gasteiger partial charge in [-0.15, -0.1) is 0 Å². The molecule has 0 spiro atoms. The molecule has 0 amide bonds. The molecule has 16 heteroatoms. The zero-order valence-electron chi connectivity index (χ0n) is 23.8. The van der Waals surface area contributed by atoms with E-state index in [9.17, 15) is 31.1 Å². The van der Waals surface area contributed by atoms with E-state index in [1.165, 1.54) is 6.07 Å². The number of benzene rings is 3. The highest BCUT2D eigenvalue weighted by atomic mass is 19.4. The summed E-state index contributed by atoms with van der Waals surface area (Å²) in [5, 5.41) is 24.2. The molecule has 0 unspecified atom stereocenters. The van der Waals surface area contributed by atoms with Gasteiger partial charge in [-0.1, -0.05) is 83.1 Å². The molecule has 1 aliphatic rings. The maximum atomic E-state index is 14.1. The molecule has 6 rings (SSSR count). The van der Waals surface area contributed by atoms with Gasteiger partial charge in [0.15, 0.2) is 11.5 Å². The van der Waals surface area contributed by atoms with Crippen molar-refractivity contribution in [3.63, 3.8) is 0 Å². The van der Waals surface area contributed by atoms with Crippen LogP contribution in [0.1, 0.15) is 11.1 Å². The summed E-state index contributed by atoms with van der Waals surface area (Å²) in [5.74, 6) is -4.04. The number of alkyl halides is 6. The Labute approximate surface area is 260 Å². The van der Waals surface area contributed by atoms with Crippen molar-refractivity contribution in [1.82, 2.24) is 20.2 Å². The van der Waals surface area contributed by atoms with Crippen molar-refractivity contribution in [2.75, 3.05) is 13.1 Å². The Morgan fingerprint density at radius 2 is 1.43 bits per heavy atom. The molecule has 1 aliphatic heterocycles. The second-order valence-corrected chi connectivity index (χ2v) is 10.3. The quantitative estimate of drug-likeness (QED) is 0.177. The van der Waals surface area contributed by atoms with E-state index in [0.717, 1.165) is 17.2 Å². The summed E-state index contributed by atoms with van der Waals surface area (Å²) in [6.07, 6.45) is -9.77. The minimum Gasteiger partial charge on any atom is -0.481 e. The number of hydrogen-bond acceptors (Lipinski definition) is 8. The van der Waals surface area contributed by atoms with Gasteiger partial charge in [-0.25, -0.2) is 4.79 Å². The predicted molar refractivity (Wildman–Crippen MR) is 151 cm³/mol. The van der Waals surface area contributed by atoms with Crippen LogP contribution in [-0.2, 0) is 22.3 Å². The third-order valence-corrected chi connectivity index (χ3v) is 7.00. The molecular formula is C31H22F6N4O6. The summed E-state index contributed by atoms with van der Waals surface area (Å²) in [4.78, 5) is 26.0. The van der Waals surface area contributed by atoms with Gasteiger partial charge in [0.1, 0.15) is 0 Å². The molecular weight excluding hydrogens is 638 g/mol. The van der Waals surface area contributed by atoms with Crippen LogP contribution in [0.4, 0.5) is 26.3 Å². The Kier molecular flexibility index (Phi) is 9.15. The lowest BCUT2D eigenvalue weighted by Crippen LogP contribution is -2.49. The monoisotopic (exact) mass is 660 g/mol. The number of carboxylic acids is 2. The number of halogens is 6. The first-order chi connectivity index (χ1) is 22.2. The molecule has 1 fully saturated rings. The second kappa shape index (κ2) is 13.1. The summed E-state index contributed by atoms with van der Waals surface area (Å²) in [7, 11) is 0. The van der Waals surface area contributed by atoms with E-state index < -0.39 is 35.8 Å². The minimum atomic E-state index is -5.08. The highest BCUT2D eigenvalue weighted by Crippen LogP contribution is 2.41. The van der Waals surface area contributed by atoms with Crippen LogP contribution >= 0.6 is 0 Å². The number of likely N-dealkylation sites (tertiary alicyclic amines) is 1. The minimum absolute atomic E-state index is 0.0859. The smallest absolute Gasteiger partial charge is 0.481 e. The Morgan fingerprint density at radius 3 is 1.98 bits per heavy atom. The first kappa shape index (κ1) is 32.9. The van der Waals surface area contributed by atoms with Crippen molar-refractivity contribution < 1.29 is 55.2 Å². The average Bonchev–Trinajstić information content (AvgIpc) is 3.67. The van der Waals surface area contributed by atoms with Gasteiger partial charge >= 0.3 is 24.3 Å². The van der Waals surface area contributed by atoms with Gasteiger partial charge in [0.2, 0.25) is 5.82 Å². The molecule has 3 aromatic carbocycles. The first-order valence-electron chi connectivity index (χ1n) is 13.6. The van der Waals surface area contributed by atoms with Gasteiger partial charge in [-0.05, 0) is 17.2 Å². The molecule has 0 bridgehead atoms. The van der Waals surface area contributed by atoms with Crippen LogP contribution in [0.5, 0.6) is 0 Å². The molecule has 0 aliphatic carbocycles. The number of carboxylic acid groups (broad SMARTS) is 2.